The van der Waals surface area contributed by atoms with Crippen molar-refractivity contribution < 1.29 is 14.1 Å². The van der Waals surface area contributed by atoms with Crippen LogP contribution in [0.3, 0.4) is 0 Å². The van der Waals surface area contributed by atoms with Crippen molar-refractivity contribution in [2.75, 3.05) is 38.2 Å². The fourth-order valence-corrected chi connectivity index (χ4v) is 2.95. The topological polar surface area (TPSA) is 71.7 Å². The van der Waals surface area contributed by atoms with Crippen LogP contribution in [-0.4, -0.2) is 54.2 Å². The van der Waals surface area contributed by atoms with Gasteiger partial charge in [-0.1, -0.05) is 24.2 Å². The Morgan fingerprint density at radius 3 is 2.96 bits per heavy atom. The van der Waals surface area contributed by atoms with Gasteiger partial charge >= 0.3 is 6.01 Å². The standard InChI is InChI=1S/C18H24N4O3/c1-3-6-16(23)21-9-5-10-22(12-11-21)18-19-17(20-25-18)14-7-4-8-15(13-14)24-2/h4,7-8,13H,3,5-6,9-12H2,1-2H3. The van der Waals surface area contributed by atoms with Crippen molar-refractivity contribution in [1.29, 1.82) is 0 Å². The Morgan fingerprint density at radius 1 is 1.28 bits per heavy atom. The molecule has 2 heterocycles. The number of amides is 1. The summed E-state index contributed by atoms with van der Waals surface area (Å²) in [5.41, 5.74) is 0.851. The van der Waals surface area contributed by atoms with Gasteiger partial charge < -0.3 is 19.1 Å². The van der Waals surface area contributed by atoms with Crippen LogP contribution < -0.4 is 9.64 Å². The Kier molecular flexibility index (Phi) is 5.53. The van der Waals surface area contributed by atoms with Crippen molar-refractivity contribution in [1.82, 2.24) is 15.0 Å². The van der Waals surface area contributed by atoms with E-state index in [0.29, 0.717) is 31.3 Å². The van der Waals surface area contributed by atoms with E-state index in [-0.39, 0.29) is 5.91 Å². The number of benzene rings is 1. The number of hydrogen-bond donors (Lipinski definition) is 0. The predicted octanol–water partition coefficient (Wildman–Crippen LogP) is 2.58. The van der Waals surface area contributed by atoms with E-state index in [1.807, 2.05) is 36.1 Å². The molecular weight excluding hydrogens is 320 g/mol. The second kappa shape index (κ2) is 8.00. The van der Waals surface area contributed by atoms with Crippen LogP contribution in [0.1, 0.15) is 26.2 Å². The highest BCUT2D eigenvalue weighted by atomic mass is 16.5. The van der Waals surface area contributed by atoms with Gasteiger partial charge in [-0.25, -0.2) is 0 Å². The zero-order chi connectivity index (χ0) is 17.6. The molecule has 1 aliphatic heterocycles. The number of carbonyl (C=O) groups excluding carboxylic acids is 1. The summed E-state index contributed by atoms with van der Waals surface area (Å²) < 4.78 is 10.7. The highest BCUT2D eigenvalue weighted by Gasteiger charge is 2.22. The zero-order valence-electron chi connectivity index (χ0n) is 14.8. The van der Waals surface area contributed by atoms with Crippen molar-refractivity contribution >= 4 is 11.9 Å². The predicted molar refractivity (Wildman–Crippen MR) is 94.6 cm³/mol. The SMILES string of the molecule is CCCC(=O)N1CCCN(c2nc(-c3cccc(OC)c3)no2)CC1. The Morgan fingerprint density at radius 2 is 2.16 bits per heavy atom. The second-order valence-corrected chi connectivity index (χ2v) is 6.10. The summed E-state index contributed by atoms with van der Waals surface area (Å²) in [7, 11) is 1.63. The van der Waals surface area contributed by atoms with Crippen LogP contribution in [0.15, 0.2) is 28.8 Å². The minimum Gasteiger partial charge on any atom is -0.497 e. The van der Waals surface area contributed by atoms with E-state index >= 15 is 0 Å². The maximum Gasteiger partial charge on any atom is 0.324 e. The lowest BCUT2D eigenvalue weighted by Gasteiger charge is -2.20. The molecule has 1 aliphatic rings. The average Bonchev–Trinajstić information content (AvgIpc) is 3.00. The smallest absolute Gasteiger partial charge is 0.324 e. The molecule has 0 spiro atoms. The lowest BCUT2D eigenvalue weighted by molar-refractivity contribution is -0.131. The molecule has 1 amide bonds. The summed E-state index contributed by atoms with van der Waals surface area (Å²) in [6, 6.07) is 8.07. The van der Waals surface area contributed by atoms with Crippen LogP contribution in [0.4, 0.5) is 6.01 Å². The van der Waals surface area contributed by atoms with Crippen molar-refractivity contribution in [3.63, 3.8) is 0 Å². The molecule has 1 saturated heterocycles. The number of hydrogen-bond acceptors (Lipinski definition) is 6. The molecule has 0 unspecified atom stereocenters. The van der Waals surface area contributed by atoms with Crippen LogP contribution in [0, 0.1) is 0 Å². The molecule has 1 aromatic carbocycles. The van der Waals surface area contributed by atoms with Crippen LogP contribution in [0.5, 0.6) is 5.75 Å². The Labute approximate surface area is 147 Å². The van der Waals surface area contributed by atoms with Gasteiger partial charge in [-0.3, -0.25) is 4.79 Å². The molecule has 0 aliphatic carbocycles. The summed E-state index contributed by atoms with van der Waals surface area (Å²) in [6.45, 7) is 5.01. The summed E-state index contributed by atoms with van der Waals surface area (Å²) in [5.74, 6) is 1.52. The van der Waals surface area contributed by atoms with E-state index < -0.39 is 0 Å². The van der Waals surface area contributed by atoms with Crippen molar-refractivity contribution in [3.05, 3.63) is 24.3 Å². The summed E-state index contributed by atoms with van der Waals surface area (Å²) >= 11 is 0. The lowest BCUT2D eigenvalue weighted by atomic mass is 10.2. The fourth-order valence-electron chi connectivity index (χ4n) is 2.95. The molecule has 7 nitrogen and oxygen atoms in total. The van der Waals surface area contributed by atoms with Gasteiger partial charge in [0.25, 0.3) is 0 Å². The van der Waals surface area contributed by atoms with E-state index in [9.17, 15) is 4.79 Å². The van der Waals surface area contributed by atoms with Crippen molar-refractivity contribution in [2.24, 2.45) is 0 Å². The first-order chi connectivity index (χ1) is 12.2. The molecule has 2 aromatic rings. The Hall–Kier alpha value is -2.57. The number of ether oxygens (including phenoxy) is 1. The molecule has 0 N–H and O–H groups in total. The quantitative estimate of drug-likeness (QED) is 0.830. The van der Waals surface area contributed by atoms with Crippen molar-refractivity contribution in [3.8, 4) is 17.1 Å². The number of nitrogens with zero attached hydrogens (tertiary/aromatic N) is 4. The fraction of sp³-hybridized carbons (Fsp3) is 0.500. The first-order valence-corrected chi connectivity index (χ1v) is 8.72. The van der Waals surface area contributed by atoms with Crippen molar-refractivity contribution in [2.45, 2.75) is 26.2 Å². The van der Waals surface area contributed by atoms with Crippen LogP contribution in [0.25, 0.3) is 11.4 Å². The Balaban J connectivity index is 1.69. The molecule has 1 fully saturated rings. The first kappa shape index (κ1) is 17.3. The molecule has 0 atom stereocenters. The maximum absolute atomic E-state index is 12.1. The molecule has 0 saturated carbocycles. The molecule has 3 rings (SSSR count). The molecular formula is C18H24N4O3. The second-order valence-electron chi connectivity index (χ2n) is 6.10. The maximum atomic E-state index is 12.1. The van der Waals surface area contributed by atoms with E-state index in [0.717, 1.165) is 37.2 Å². The molecule has 0 radical (unpaired) electrons. The third-order valence-corrected chi connectivity index (χ3v) is 4.33. The first-order valence-electron chi connectivity index (χ1n) is 8.72. The zero-order valence-corrected chi connectivity index (χ0v) is 14.8. The average molecular weight is 344 g/mol. The minimum atomic E-state index is 0.229. The largest absolute Gasteiger partial charge is 0.497 e. The van der Waals surface area contributed by atoms with Gasteiger partial charge in [0.15, 0.2) is 0 Å². The molecule has 7 heteroatoms. The number of aromatic nitrogens is 2. The monoisotopic (exact) mass is 344 g/mol. The molecule has 25 heavy (non-hydrogen) atoms. The third kappa shape index (κ3) is 4.10. The van der Waals surface area contributed by atoms with Crippen LogP contribution in [-0.2, 0) is 4.79 Å². The van der Waals surface area contributed by atoms with Gasteiger partial charge in [0.2, 0.25) is 11.7 Å². The highest BCUT2D eigenvalue weighted by Crippen LogP contribution is 2.24. The van der Waals surface area contributed by atoms with Crippen LogP contribution in [0.2, 0.25) is 0 Å². The number of carbonyl (C=O) groups is 1. The van der Waals surface area contributed by atoms with E-state index in [1.165, 1.54) is 0 Å². The molecule has 134 valence electrons. The summed E-state index contributed by atoms with van der Waals surface area (Å²) in [4.78, 5) is 20.6. The number of methoxy groups -OCH3 is 1. The highest BCUT2D eigenvalue weighted by molar-refractivity contribution is 5.76. The third-order valence-electron chi connectivity index (χ3n) is 4.33. The van der Waals surface area contributed by atoms with Gasteiger partial charge in [-0.05, 0) is 25.0 Å². The summed E-state index contributed by atoms with van der Waals surface area (Å²) in [6.07, 6.45) is 2.39. The minimum absolute atomic E-state index is 0.229. The summed E-state index contributed by atoms with van der Waals surface area (Å²) in [5, 5.41) is 4.09. The lowest BCUT2D eigenvalue weighted by Crippen LogP contribution is -2.35. The molecule has 0 bridgehead atoms. The van der Waals surface area contributed by atoms with Gasteiger partial charge in [0.1, 0.15) is 5.75 Å². The van der Waals surface area contributed by atoms with E-state index in [4.69, 9.17) is 9.26 Å². The normalized spacial score (nSPS) is 15.1. The van der Waals surface area contributed by atoms with Gasteiger partial charge in [0.05, 0.1) is 7.11 Å². The van der Waals surface area contributed by atoms with Gasteiger partial charge in [0, 0.05) is 38.2 Å². The van der Waals surface area contributed by atoms with Gasteiger partial charge in [-0.15, -0.1) is 0 Å². The van der Waals surface area contributed by atoms with E-state index in [1.54, 1.807) is 7.11 Å². The van der Waals surface area contributed by atoms with Gasteiger partial charge in [-0.2, -0.15) is 4.98 Å². The van der Waals surface area contributed by atoms with E-state index in [2.05, 4.69) is 15.0 Å². The Bertz CT molecular complexity index is 716. The number of rotatable bonds is 5. The van der Waals surface area contributed by atoms with Crippen LogP contribution >= 0.6 is 0 Å². The number of anilines is 1. The molecule has 1 aromatic heterocycles.